The quantitative estimate of drug-likeness (QED) is 0.515. The van der Waals surface area contributed by atoms with Crippen LogP contribution in [-0.4, -0.2) is 15.2 Å². The molecule has 4 heteroatoms. The first-order chi connectivity index (χ1) is 14.4. The van der Waals surface area contributed by atoms with Gasteiger partial charge in [0, 0.05) is 28.7 Å². The standard InChI is InChI=1S/C26H34N4/c1-6-26(4,5)16-24-17(2)25(30-29-24)23-15-20-13-12-19(14-22(20)28-23)18(3)27-21-10-8-7-9-11-21/h7-8,10,12-13,15,19,27-28H,3,6,9,11,14,16H2,1-2,4-5H3,(H,29,30). The molecule has 158 valence electrons. The number of H-pyrrole nitrogens is 2. The monoisotopic (exact) mass is 402 g/mol. The lowest BCUT2D eigenvalue weighted by molar-refractivity contribution is 0.345. The lowest BCUT2D eigenvalue weighted by atomic mass is 9.84. The molecule has 0 aliphatic heterocycles. The molecule has 2 aliphatic carbocycles. The third-order valence-electron chi connectivity index (χ3n) is 6.63. The first kappa shape index (κ1) is 20.5. The molecule has 1 atom stereocenters. The fraction of sp³-hybridized carbons (Fsp3) is 0.423. The number of rotatable bonds is 7. The Morgan fingerprint density at radius 2 is 2.20 bits per heavy atom. The van der Waals surface area contributed by atoms with Gasteiger partial charge in [0.25, 0.3) is 0 Å². The molecule has 0 amide bonds. The summed E-state index contributed by atoms with van der Waals surface area (Å²) in [4.78, 5) is 3.64. The molecule has 4 rings (SSSR count). The number of allylic oxidation sites excluding steroid dienone is 5. The molecule has 0 bridgehead atoms. The SMILES string of the molecule is C=C(NC1=CC=CCC1)C1C=Cc2cc(-c3n[nH]c(CC(C)(C)CC)c3C)[nH]c2C1. The molecule has 2 heterocycles. The Balaban J connectivity index is 1.49. The van der Waals surface area contributed by atoms with Gasteiger partial charge in [0.1, 0.15) is 5.69 Å². The van der Waals surface area contributed by atoms with Gasteiger partial charge in [-0.15, -0.1) is 0 Å². The van der Waals surface area contributed by atoms with E-state index < -0.39 is 0 Å². The van der Waals surface area contributed by atoms with Crippen molar-refractivity contribution in [2.75, 3.05) is 0 Å². The van der Waals surface area contributed by atoms with E-state index in [1.54, 1.807) is 0 Å². The first-order valence-corrected chi connectivity index (χ1v) is 11.1. The van der Waals surface area contributed by atoms with Crippen LogP contribution in [0.1, 0.15) is 62.5 Å². The molecular formula is C26H34N4. The van der Waals surface area contributed by atoms with Gasteiger partial charge in [-0.05, 0) is 61.3 Å². The summed E-state index contributed by atoms with van der Waals surface area (Å²) in [6.45, 7) is 13.4. The highest BCUT2D eigenvalue weighted by Crippen LogP contribution is 2.33. The fourth-order valence-corrected chi connectivity index (χ4v) is 4.18. The topological polar surface area (TPSA) is 56.5 Å². The fourth-order valence-electron chi connectivity index (χ4n) is 4.18. The summed E-state index contributed by atoms with van der Waals surface area (Å²) >= 11 is 0. The van der Waals surface area contributed by atoms with Crippen LogP contribution in [0, 0.1) is 18.3 Å². The van der Waals surface area contributed by atoms with Crippen molar-refractivity contribution in [3.8, 4) is 11.4 Å². The molecule has 4 nitrogen and oxygen atoms in total. The zero-order valence-electron chi connectivity index (χ0n) is 18.7. The molecule has 2 aliphatic rings. The van der Waals surface area contributed by atoms with Gasteiger partial charge in [0.05, 0.1) is 5.69 Å². The first-order valence-electron chi connectivity index (χ1n) is 11.1. The summed E-state index contributed by atoms with van der Waals surface area (Å²) < 4.78 is 0. The maximum Gasteiger partial charge on any atom is 0.111 e. The van der Waals surface area contributed by atoms with Crippen molar-refractivity contribution in [3.63, 3.8) is 0 Å². The second kappa shape index (κ2) is 8.17. The molecule has 2 aromatic heterocycles. The Bertz CT molecular complexity index is 1030. The lowest BCUT2D eigenvalue weighted by Crippen LogP contribution is -2.21. The van der Waals surface area contributed by atoms with Gasteiger partial charge in [-0.3, -0.25) is 5.10 Å². The van der Waals surface area contributed by atoms with Gasteiger partial charge in [0.15, 0.2) is 0 Å². The van der Waals surface area contributed by atoms with Crippen molar-refractivity contribution in [1.82, 2.24) is 20.5 Å². The minimum Gasteiger partial charge on any atom is -0.362 e. The highest BCUT2D eigenvalue weighted by atomic mass is 15.1. The van der Waals surface area contributed by atoms with E-state index in [0.29, 0.717) is 0 Å². The van der Waals surface area contributed by atoms with Crippen LogP contribution in [0.2, 0.25) is 0 Å². The van der Waals surface area contributed by atoms with E-state index in [9.17, 15) is 0 Å². The van der Waals surface area contributed by atoms with Crippen LogP contribution in [-0.2, 0) is 12.8 Å². The van der Waals surface area contributed by atoms with Gasteiger partial charge in [-0.1, -0.05) is 58.1 Å². The maximum atomic E-state index is 4.66. The van der Waals surface area contributed by atoms with E-state index in [-0.39, 0.29) is 11.3 Å². The van der Waals surface area contributed by atoms with Crippen LogP contribution in [0.3, 0.4) is 0 Å². The molecule has 0 saturated carbocycles. The molecule has 0 spiro atoms. The van der Waals surface area contributed by atoms with Gasteiger partial charge < -0.3 is 10.3 Å². The van der Waals surface area contributed by atoms with Crippen molar-refractivity contribution in [3.05, 3.63) is 70.9 Å². The van der Waals surface area contributed by atoms with Crippen molar-refractivity contribution in [2.24, 2.45) is 11.3 Å². The third-order valence-corrected chi connectivity index (χ3v) is 6.63. The molecular weight excluding hydrogens is 368 g/mol. The van der Waals surface area contributed by atoms with Crippen LogP contribution in [0.25, 0.3) is 17.5 Å². The average Bonchev–Trinajstić information content (AvgIpc) is 3.31. The van der Waals surface area contributed by atoms with Crippen LogP contribution >= 0.6 is 0 Å². The van der Waals surface area contributed by atoms with Gasteiger partial charge in [-0.2, -0.15) is 5.10 Å². The van der Waals surface area contributed by atoms with Gasteiger partial charge in [-0.25, -0.2) is 0 Å². The van der Waals surface area contributed by atoms with Crippen molar-refractivity contribution in [1.29, 1.82) is 0 Å². The van der Waals surface area contributed by atoms with Crippen LogP contribution in [0.4, 0.5) is 0 Å². The van der Waals surface area contributed by atoms with E-state index in [1.165, 1.54) is 28.2 Å². The Morgan fingerprint density at radius 1 is 1.37 bits per heavy atom. The second-order valence-electron chi connectivity index (χ2n) is 9.47. The number of aromatic nitrogens is 3. The third kappa shape index (κ3) is 4.23. The van der Waals surface area contributed by atoms with Crippen LogP contribution in [0.5, 0.6) is 0 Å². The van der Waals surface area contributed by atoms with Crippen molar-refractivity contribution >= 4 is 6.08 Å². The summed E-state index contributed by atoms with van der Waals surface area (Å²) in [5, 5.41) is 11.5. The molecule has 0 fully saturated rings. The highest BCUT2D eigenvalue weighted by Gasteiger charge is 2.23. The summed E-state index contributed by atoms with van der Waals surface area (Å²) in [5.41, 5.74) is 9.73. The molecule has 0 aromatic carbocycles. The molecule has 0 saturated heterocycles. The Kier molecular flexibility index (Phi) is 5.59. The molecule has 3 N–H and O–H groups in total. The normalized spacial score (nSPS) is 18.3. The summed E-state index contributed by atoms with van der Waals surface area (Å²) in [6, 6.07) is 2.23. The van der Waals surface area contributed by atoms with Crippen LogP contribution < -0.4 is 5.32 Å². The number of aromatic amines is 2. The maximum absolute atomic E-state index is 4.66. The Hall–Kier alpha value is -2.75. The average molecular weight is 403 g/mol. The van der Waals surface area contributed by atoms with E-state index in [1.807, 2.05) is 0 Å². The predicted molar refractivity (Wildman–Crippen MR) is 126 cm³/mol. The smallest absolute Gasteiger partial charge is 0.111 e. The van der Waals surface area contributed by atoms with Crippen molar-refractivity contribution < 1.29 is 0 Å². The summed E-state index contributed by atoms with van der Waals surface area (Å²) in [5.74, 6) is 0.289. The van der Waals surface area contributed by atoms with Gasteiger partial charge >= 0.3 is 0 Å². The molecule has 1 unspecified atom stereocenters. The summed E-state index contributed by atoms with van der Waals surface area (Å²) in [7, 11) is 0. The van der Waals surface area contributed by atoms with Gasteiger partial charge in [0.2, 0.25) is 0 Å². The predicted octanol–water partition coefficient (Wildman–Crippen LogP) is 6.21. The molecule has 0 radical (unpaired) electrons. The minimum absolute atomic E-state index is 0.274. The number of fused-ring (bicyclic) bond motifs is 1. The summed E-state index contributed by atoms with van der Waals surface area (Å²) in [6.07, 6.45) is 16.2. The molecule has 2 aromatic rings. The number of hydrogen-bond acceptors (Lipinski definition) is 2. The lowest BCUT2D eigenvalue weighted by Gasteiger charge is -2.22. The van der Waals surface area contributed by atoms with E-state index in [2.05, 4.69) is 91.2 Å². The minimum atomic E-state index is 0.274. The van der Waals surface area contributed by atoms with E-state index >= 15 is 0 Å². The zero-order valence-corrected chi connectivity index (χ0v) is 18.7. The Morgan fingerprint density at radius 3 is 2.93 bits per heavy atom. The second-order valence-corrected chi connectivity index (χ2v) is 9.47. The van der Waals surface area contributed by atoms with E-state index in [0.717, 1.165) is 49.2 Å². The van der Waals surface area contributed by atoms with E-state index in [4.69, 9.17) is 0 Å². The largest absolute Gasteiger partial charge is 0.362 e. The number of hydrogen-bond donors (Lipinski definition) is 3. The zero-order chi connectivity index (χ0) is 21.3. The Labute approximate surface area is 180 Å². The number of nitrogens with zero attached hydrogens (tertiary/aromatic N) is 1. The number of nitrogens with one attached hydrogen (secondary N) is 3. The van der Waals surface area contributed by atoms with Crippen LogP contribution in [0.15, 0.2) is 48.3 Å². The highest BCUT2D eigenvalue weighted by molar-refractivity contribution is 5.68. The van der Waals surface area contributed by atoms with Crippen molar-refractivity contribution in [2.45, 2.75) is 59.8 Å². The molecule has 30 heavy (non-hydrogen) atoms.